The lowest BCUT2D eigenvalue weighted by Crippen LogP contribution is -2.01. The molecule has 0 saturated heterocycles. The number of anilines is 2. The van der Waals surface area contributed by atoms with Crippen LogP contribution >= 0.6 is 0 Å². The molecule has 0 aliphatic carbocycles. The van der Waals surface area contributed by atoms with E-state index in [-0.39, 0.29) is 0 Å². The molecule has 4 nitrogen and oxygen atoms in total. The van der Waals surface area contributed by atoms with E-state index in [0.29, 0.717) is 17.2 Å². The van der Waals surface area contributed by atoms with Crippen LogP contribution < -0.4 is 5.32 Å². The summed E-state index contributed by atoms with van der Waals surface area (Å²) in [5.74, 6) is -0.597. The van der Waals surface area contributed by atoms with Gasteiger partial charge in [0.1, 0.15) is 23.8 Å². The van der Waals surface area contributed by atoms with Gasteiger partial charge < -0.3 is 5.32 Å². The Morgan fingerprint density at radius 2 is 1.64 bits per heavy atom. The average Bonchev–Trinajstić information content (AvgIpc) is 2.93. The monoisotopic (exact) mass is 378 g/mol. The summed E-state index contributed by atoms with van der Waals surface area (Å²) in [5, 5.41) is 4.16. The topological polar surface area (TPSA) is 42.7 Å². The normalized spacial score (nSPS) is 11.2. The van der Waals surface area contributed by atoms with Gasteiger partial charge in [0.05, 0.1) is 11.1 Å². The van der Waals surface area contributed by atoms with Gasteiger partial charge in [-0.2, -0.15) is 0 Å². The van der Waals surface area contributed by atoms with Crippen LogP contribution in [0.4, 0.5) is 20.3 Å². The molecule has 0 aliphatic rings. The number of benzene rings is 2. The first-order valence-corrected chi connectivity index (χ1v) is 9.13. The van der Waals surface area contributed by atoms with E-state index < -0.39 is 11.6 Å². The summed E-state index contributed by atoms with van der Waals surface area (Å²) in [5.41, 5.74) is 4.97. The molecule has 0 saturated carbocycles. The summed E-state index contributed by atoms with van der Waals surface area (Å²) >= 11 is 0. The maximum Gasteiger partial charge on any atom is 0.150 e. The number of aryl methyl sites for hydroxylation is 2. The summed E-state index contributed by atoms with van der Waals surface area (Å²) in [7, 11) is 0. The number of fused-ring (bicyclic) bond motifs is 1. The number of halogens is 2. The summed E-state index contributed by atoms with van der Waals surface area (Å²) in [6, 6.07) is 11.6. The molecule has 0 spiro atoms. The van der Waals surface area contributed by atoms with Crippen LogP contribution in [-0.4, -0.2) is 14.5 Å². The minimum Gasteiger partial charge on any atom is -0.340 e. The quantitative estimate of drug-likeness (QED) is 0.501. The van der Waals surface area contributed by atoms with Gasteiger partial charge in [-0.1, -0.05) is 19.1 Å². The first-order valence-electron chi connectivity index (χ1n) is 9.13. The van der Waals surface area contributed by atoms with Crippen LogP contribution in [0.2, 0.25) is 0 Å². The van der Waals surface area contributed by atoms with Crippen molar-refractivity contribution in [3.8, 4) is 5.69 Å². The van der Waals surface area contributed by atoms with E-state index in [4.69, 9.17) is 0 Å². The van der Waals surface area contributed by atoms with Crippen molar-refractivity contribution in [3.05, 3.63) is 77.2 Å². The molecule has 28 heavy (non-hydrogen) atoms. The molecule has 6 heteroatoms. The second kappa shape index (κ2) is 7.03. The van der Waals surface area contributed by atoms with E-state index in [0.717, 1.165) is 34.8 Å². The van der Waals surface area contributed by atoms with Crippen molar-refractivity contribution >= 4 is 22.5 Å². The highest BCUT2D eigenvalue weighted by molar-refractivity contribution is 5.94. The van der Waals surface area contributed by atoms with Gasteiger partial charge in [0.2, 0.25) is 0 Å². The van der Waals surface area contributed by atoms with Crippen LogP contribution in [0.5, 0.6) is 0 Å². The molecule has 2 heterocycles. The lowest BCUT2D eigenvalue weighted by atomic mass is 10.1. The third-order valence-corrected chi connectivity index (χ3v) is 5.02. The highest BCUT2D eigenvalue weighted by Gasteiger charge is 2.18. The predicted octanol–water partition coefficient (Wildman–Crippen LogP) is 5.62. The molecular formula is C22H20F2N4. The van der Waals surface area contributed by atoms with Crippen LogP contribution in [0.25, 0.3) is 16.7 Å². The SMILES string of the molecule is CCc1ccc(Nc2ncnc3c2c(C)c(C)n3-c2cc(F)cc(F)c2)cc1. The summed E-state index contributed by atoms with van der Waals surface area (Å²) < 4.78 is 29.3. The second-order valence-electron chi connectivity index (χ2n) is 6.77. The molecule has 0 radical (unpaired) electrons. The highest BCUT2D eigenvalue weighted by Crippen LogP contribution is 2.33. The minimum atomic E-state index is -0.627. The fraction of sp³-hybridized carbons (Fsp3) is 0.182. The molecule has 0 bridgehead atoms. The van der Waals surface area contributed by atoms with Crippen molar-refractivity contribution in [2.75, 3.05) is 5.32 Å². The number of nitrogens with one attached hydrogen (secondary N) is 1. The summed E-state index contributed by atoms with van der Waals surface area (Å²) in [6.45, 7) is 5.97. The lowest BCUT2D eigenvalue weighted by molar-refractivity contribution is 0.581. The molecule has 0 amide bonds. The maximum absolute atomic E-state index is 13.8. The predicted molar refractivity (Wildman–Crippen MR) is 107 cm³/mol. The molecule has 0 aliphatic heterocycles. The fourth-order valence-corrected chi connectivity index (χ4v) is 3.44. The molecule has 4 aromatic rings. The molecule has 4 rings (SSSR count). The van der Waals surface area contributed by atoms with Crippen molar-refractivity contribution in [2.45, 2.75) is 27.2 Å². The van der Waals surface area contributed by atoms with Gasteiger partial charge in [-0.25, -0.2) is 18.7 Å². The van der Waals surface area contributed by atoms with Gasteiger partial charge in [0.15, 0.2) is 5.65 Å². The van der Waals surface area contributed by atoms with Gasteiger partial charge in [-0.3, -0.25) is 4.57 Å². The minimum absolute atomic E-state index is 0.394. The summed E-state index contributed by atoms with van der Waals surface area (Å²) in [6.07, 6.45) is 2.43. The Kier molecular flexibility index (Phi) is 4.55. The number of rotatable bonds is 4. The Bertz CT molecular complexity index is 1140. The van der Waals surface area contributed by atoms with Crippen molar-refractivity contribution < 1.29 is 8.78 Å². The van der Waals surface area contributed by atoms with E-state index in [9.17, 15) is 8.78 Å². The first-order chi connectivity index (χ1) is 13.5. The molecule has 1 N–H and O–H groups in total. The zero-order valence-electron chi connectivity index (χ0n) is 15.9. The van der Waals surface area contributed by atoms with Crippen LogP contribution in [0.15, 0.2) is 48.8 Å². The third-order valence-electron chi connectivity index (χ3n) is 5.02. The summed E-state index contributed by atoms with van der Waals surface area (Å²) in [4.78, 5) is 8.80. The smallest absolute Gasteiger partial charge is 0.150 e. The van der Waals surface area contributed by atoms with Gasteiger partial charge in [0.25, 0.3) is 0 Å². The lowest BCUT2D eigenvalue weighted by Gasteiger charge is -2.10. The number of aromatic nitrogens is 3. The number of nitrogens with zero attached hydrogens (tertiary/aromatic N) is 3. The van der Waals surface area contributed by atoms with Gasteiger partial charge in [-0.05, 0) is 55.7 Å². The van der Waals surface area contributed by atoms with Gasteiger partial charge in [0, 0.05) is 17.4 Å². The molecule has 0 unspecified atom stereocenters. The van der Waals surface area contributed by atoms with Crippen LogP contribution in [0.1, 0.15) is 23.7 Å². The van der Waals surface area contributed by atoms with Crippen molar-refractivity contribution in [2.24, 2.45) is 0 Å². The molecule has 0 atom stereocenters. The highest BCUT2D eigenvalue weighted by atomic mass is 19.1. The van der Waals surface area contributed by atoms with Crippen LogP contribution in [0, 0.1) is 25.5 Å². The van der Waals surface area contributed by atoms with E-state index in [2.05, 4.69) is 34.3 Å². The molecule has 2 aromatic carbocycles. The Hall–Kier alpha value is -3.28. The Balaban J connectivity index is 1.86. The molecular weight excluding hydrogens is 358 g/mol. The van der Waals surface area contributed by atoms with E-state index in [1.807, 2.05) is 26.0 Å². The van der Waals surface area contributed by atoms with Gasteiger partial charge in [-0.15, -0.1) is 0 Å². The molecule has 142 valence electrons. The number of hydrogen-bond donors (Lipinski definition) is 1. The Morgan fingerprint density at radius 1 is 0.964 bits per heavy atom. The zero-order chi connectivity index (χ0) is 19.8. The largest absolute Gasteiger partial charge is 0.340 e. The Labute approximate surface area is 161 Å². The average molecular weight is 378 g/mol. The molecule has 0 fully saturated rings. The van der Waals surface area contributed by atoms with Crippen LogP contribution in [-0.2, 0) is 6.42 Å². The zero-order valence-corrected chi connectivity index (χ0v) is 15.9. The van der Waals surface area contributed by atoms with E-state index >= 15 is 0 Å². The van der Waals surface area contributed by atoms with Crippen LogP contribution in [0.3, 0.4) is 0 Å². The van der Waals surface area contributed by atoms with Crippen molar-refractivity contribution in [1.82, 2.24) is 14.5 Å². The fourth-order valence-electron chi connectivity index (χ4n) is 3.44. The Morgan fingerprint density at radius 3 is 2.29 bits per heavy atom. The second-order valence-corrected chi connectivity index (χ2v) is 6.77. The molecule has 2 aromatic heterocycles. The van der Waals surface area contributed by atoms with E-state index in [1.165, 1.54) is 24.0 Å². The van der Waals surface area contributed by atoms with Crippen molar-refractivity contribution in [1.29, 1.82) is 0 Å². The van der Waals surface area contributed by atoms with Gasteiger partial charge >= 0.3 is 0 Å². The standard InChI is InChI=1S/C22H20F2N4/c1-4-15-5-7-18(8-6-15)27-21-20-13(2)14(3)28(22(20)26-12-25-21)19-10-16(23)9-17(24)11-19/h5-12H,4H2,1-3H3,(H,25,26,27). The van der Waals surface area contributed by atoms with E-state index in [1.54, 1.807) is 4.57 Å². The maximum atomic E-state index is 13.8. The number of hydrogen-bond acceptors (Lipinski definition) is 3. The first kappa shape index (κ1) is 18.1. The third kappa shape index (κ3) is 3.11. The van der Waals surface area contributed by atoms with Crippen molar-refractivity contribution in [3.63, 3.8) is 0 Å².